The Labute approximate surface area is 208 Å². The van der Waals surface area contributed by atoms with Crippen molar-refractivity contribution in [3.8, 4) is 5.75 Å². The summed E-state index contributed by atoms with van der Waals surface area (Å²) in [6.07, 6.45) is 7.40. The molecule has 1 aliphatic carbocycles. The van der Waals surface area contributed by atoms with Gasteiger partial charge in [0.1, 0.15) is 5.75 Å². The summed E-state index contributed by atoms with van der Waals surface area (Å²) in [4.78, 5) is 16.1. The third kappa shape index (κ3) is 8.33. The highest BCUT2D eigenvalue weighted by Gasteiger charge is 2.14. The van der Waals surface area contributed by atoms with Gasteiger partial charge in [-0.15, -0.1) is 24.0 Å². The molecule has 0 heterocycles. The predicted octanol–water partition coefficient (Wildman–Crippen LogP) is 4.28. The van der Waals surface area contributed by atoms with Crippen molar-refractivity contribution in [2.24, 2.45) is 4.99 Å². The molecule has 0 aromatic heterocycles. The van der Waals surface area contributed by atoms with Crippen LogP contribution in [-0.4, -0.2) is 38.6 Å². The molecule has 1 saturated carbocycles. The molecule has 0 aliphatic heterocycles. The van der Waals surface area contributed by atoms with Gasteiger partial charge in [-0.25, -0.2) is 0 Å². The Hall–Kier alpha value is -2.29. The zero-order valence-corrected chi connectivity index (χ0v) is 21.4. The lowest BCUT2D eigenvalue weighted by molar-refractivity contribution is 0.0963. The Morgan fingerprint density at radius 1 is 1.03 bits per heavy atom. The van der Waals surface area contributed by atoms with Crippen molar-refractivity contribution in [2.75, 3.05) is 20.6 Å². The van der Waals surface area contributed by atoms with Crippen LogP contribution in [0.2, 0.25) is 0 Å². The number of carbonyl (C=O) groups is 1. The predicted molar refractivity (Wildman–Crippen MR) is 141 cm³/mol. The van der Waals surface area contributed by atoms with Crippen LogP contribution in [0.5, 0.6) is 5.75 Å². The monoisotopic (exact) mass is 550 g/mol. The van der Waals surface area contributed by atoms with Gasteiger partial charge in [0.25, 0.3) is 5.91 Å². The summed E-state index contributed by atoms with van der Waals surface area (Å²) in [5.41, 5.74) is 2.97. The van der Waals surface area contributed by atoms with E-state index in [2.05, 4.69) is 45.2 Å². The Bertz CT molecular complexity index is 865. The topological polar surface area (TPSA) is 74.8 Å². The van der Waals surface area contributed by atoms with Crippen molar-refractivity contribution in [3.05, 3.63) is 65.2 Å². The van der Waals surface area contributed by atoms with E-state index in [0.29, 0.717) is 18.2 Å². The zero-order chi connectivity index (χ0) is 21.9. The molecule has 0 unspecified atom stereocenters. The Morgan fingerprint density at radius 3 is 2.47 bits per heavy atom. The minimum absolute atomic E-state index is 0. The number of nitrogens with one attached hydrogen (secondary N) is 3. The first-order valence-corrected chi connectivity index (χ1v) is 11.2. The van der Waals surface area contributed by atoms with E-state index in [1.807, 2.05) is 24.3 Å². The van der Waals surface area contributed by atoms with E-state index < -0.39 is 0 Å². The maximum Gasteiger partial charge on any atom is 0.251 e. The Morgan fingerprint density at radius 2 is 1.78 bits per heavy atom. The van der Waals surface area contributed by atoms with E-state index in [-0.39, 0.29) is 29.9 Å². The molecule has 0 saturated heterocycles. The maximum atomic E-state index is 11.8. The van der Waals surface area contributed by atoms with Gasteiger partial charge < -0.3 is 20.7 Å². The lowest BCUT2D eigenvalue weighted by Crippen LogP contribution is -2.37. The van der Waals surface area contributed by atoms with Crippen LogP contribution in [0, 0.1) is 0 Å². The summed E-state index contributed by atoms with van der Waals surface area (Å²) in [5, 5.41) is 9.33. The highest BCUT2D eigenvalue weighted by Crippen LogP contribution is 2.23. The quantitative estimate of drug-likeness (QED) is 0.261. The van der Waals surface area contributed by atoms with Gasteiger partial charge in [0.05, 0.1) is 6.10 Å². The van der Waals surface area contributed by atoms with Crippen molar-refractivity contribution < 1.29 is 9.53 Å². The number of guanidine groups is 1. The largest absolute Gasteiger partial charge is 0.490 e. The second-order valence-corrected chi connectivity index (χ2v) is 7.90. The van der Waals surface area contributed by atoms with Crippen LogP contribution >= 0.6 is 24.0 Å². The maximum absolute atomic E-state index is 11.8. The average Bonchev–Trinajstić information content (AvgIpc) is 2.82. The number of aliphatic imine (C=N–C) groups is 1. The van der Waals surface area contributed by atoms with Crippen LogP contribution in [0.25, 0.3) is 0 Å². The molecule has 174 valence electrons. The molecule has 7 heteroatoms. The van der Waals surface area contributed by atoms with E-state index >= 15 is 0 Å². The second-order valence-electron chi connectivity index (χ2n) is 7.90. The summed E-state index contributed by atoms with van der Waals surface area (Å²) in [5.74, 6) is 1.64. The number of carbonyl (C=O) groups excluding carboxylic acids is 1. The van der Waals surface area contributed by atoms with Gasteiger partial charge in [-0.1, -0.05) is 30.7 Å². The summed E-state index contributed by atoms with van der Waals surface area (Å²) >= 11 is 0. The number of amides is 1. The zero-order valence-electron chi connectivity index (χ0n) is 19.0. The summed E-state index contributed by atoms with van der Waals surface area (Å²) in [6.45, 7) is 1.42. The van der Waals surface area contributed by atoms with Gasteiger partial charge in [0.15, 0.2) is 5.96 Å². The standard InChI is InChI=1S/C25H34N4O2.HI/c1-26-24(30)21-8-6-7-19(17-21)15-16-28-25(27-2)29-18-20-11-13-23(14-12-20)31-22-9-4-3-5-10-22;/h6-8,11-14,17,22H,3-5,9-10,15-16,18H2,1-2H3,(H,26,30)(H2,27,28,29);1H. The molecule has 0 spiro atoms. The van der Waals surface area contributed by atoms with Crippen molar-refractivity contribution in [2.45, 2.75) is 51.2 Å². The summed E-state index contributed by atoms with van der Waals surface area (Å²) in [6, 6.07) is 16.0. The Balaban J connectivity index is 0.00000363. The van der Waals surface area contributed by atoms with E-state index in [0.717, 1.165) is 30.2 Å². The molecular weight excluding hydrogens is 515 g/mol. The average molecular weight is 550 g/mol. The smallest absolute Gasteiger partial charge is 0.251 e. The number of hydrogen-bond donors (Lipinski definition) is 3. The first-order valence-electron chi connectivity index (χ1n) is 11.2. The molecule has 1 amide bonds. The lowest BCUT2D eigenvalue weighted by Gasteiger charge is -2.23. The normalized spacial score (nSPS) is 14.2. The van der Waals surface area contributed by atoms with Crippen molar-refractivity contribution in [3.63, 3.8) is 0 Å². The molecule has 1 aliphatic rings. The van der Waals surface area contributed by atoms with Crippen LogP contribution in [0.3, 0.4) is 0 Å². The van der Waals surface area contributed by atoms with E-state index in [1.165, 1.54) is 37.7 Å². The molecule has 3 N–H and O–H groups in total. The van der Waals surface area contributed by atoms with Gasteiger partial charge >= 0.3 is 0 Å². The van der Waals surface area contributed by atoms with Crippen LogP contribution in [0.15, 0.2) is 53.5 Å². The van der Waals surface area contributed by atoms with Crippen molar-refractivity contribution >= 4 is 35.8 Å². The van der Waals surface area contributed by atoms with Crippen LogP contribution in [-0.2, 0) is 13.0 Å². The first-order chi connectivity index (χ1) is 15.2. The van der Waals surface area contributed by atoms with Gasteiger partial charge in [-0.05, 0) is 67.5 Å². The third-order valence-corrected chi connectivity index (χ3v) is 5.58. The molecule has 2 aromatic carbocycles. The lowest BCUT2D eigenvalue weighted by atomic mass is 9.98. The number of ether oxygens (including phenoxy) is 1. The third-order valence-electron chi connectivity index (χ3n) is 5.58. The fourth-order valence-electron chi connectivity index (χ4n) is 3.81. The molecule has 0 bridgehead atoms. The van der Waals surface area contributed by atoms with E-state index in [4.69, 9.17) is 4.74 Å². The molecule has 3 rings (SSSR count). The molecule has 0 atom stereocenters. The van der Waals surface area contributed by atoms with E-state index in [1.54, 1.807) is 14.1 Å². The fourth-order valence-corrected chi connectivity index (χ4v) is 3.81. The number of halogens is 1. The number of benzene rings is 2. The SMILES string of the molecule is CN=C(NCCc1cccc(C(=O)NC)c1)NCc1ccc(OC2CCCCC2)cc1.I. The minimum Gasteiger partial charge on any atom is -0.490 e. The molecule has 1 fully saturated rings. The van der Waals surface area contributed by atoms with Crippen LogP contribution in [0.1, 0.15) is 53.6 Å². The van der Waals surface area contributed by atoms with Gasteiger partial charge in [-0.2, -0.15) is 0 Å². The van der Waals surface area contributed by atoms with Crippen LogP contribution < -0.4 is 20.7 Å². The highest BCUT2D eigenvalue weighted by molar-refractivity contribution is 14.0. The van der Waals surface area contributed by atoms with Crippen LogP contribution in [0.4, 0.5) is 0 Å². The summed E-state index contributed by atoms with van der Waals surface area (Å²) in [7, 11) is 3.41. The number of hydrogen-bond acceptors (Lipinski definition) is 3. The molecule has 32 heavy (non-hydrogen) atoms. The first kappa shape index (κ1) is 26.0. The van der Waals surface area contributed by atoms with Gasteiger partial charge in [0.2, 0.25) is 0 Å². The van der Waals surface area contributed by atoms with Gasteiger partial charge in [-0.3, -0.25) is 9.79 Å². The fraction of sp³-hybridized carbons (Fsp3) is 0.440. The Kier molecular flexibility index (Phi) is 11.3. The molecule has 2 aromatic rings. The summed E-state index contributed by atoms with van der Waals surface area (Å²) < 4.78 is 6.10. The van der Waals surface area contributed by atoms with E-state index in [9.17, 15) is 4.79 Å². The molecular formula is C25H35IN4O2. The second kappa shape index (κ2) is 14.0. The molecule has 6 nitrogen and oxygen atoms in total. The van der Waals surface area contributed by atoms with Crippen molar-refractivity contribution in [1.29, 1.82) is 0 Å². The van der Waals surface area contributed by atoms with Gasteiger partial charge in [0, 0.05) is 32.7 Å². The number of nitrogens with zero attached hydrogens (tertiary/aromatic N) is 1. The highest BCUT2D eigenvalue weighted by atomic mass is 127. The molecule has 0 radical (unpaired) electrons. The van der Waals surface area contributed by atoms with Crippen molar-refractivity contribution in [1.82, 2.24) is 16.0 Å². The minimum atomic E-state index is -0.0672. The number of rotatable bonds is 8.